The lowest BCUT2D eigenvalue weighted by molar-refractivity contribution is -0.143. The number of rotatable bonds is 2. The van der Waals surface area contributed by atoms with Crippen LogP contribution >= 0.6 is 0 Å². The van der Waals surface area contributed by atoms with Crippen molar-refractivity contribution >= 4 is 12.0 Å². The van der Waals surface area contributed by atoms with E-state index in [0.717, 1.165) is 32.5 Å². The van der Waals surface area contributed by atoms with E-state index in [1.54, 1.807) is 4.90 Å². The van der Waals surface area contributed by atoms with Crippen LogP contribution in [0, 0.1) is 17.3 Å². The quantitative estimate of drug-likeness (QED) is 0.837. The minimum absolute atomic E-state index is 0.00516. The van der Waals surface area contributed by atoms with E-state index in [9.17, 15) is 14.7 Å². The molecule has 1 aromatic carbocycles. The molecule has 2 heterocycles. The first kappa shape index (κ1) is 18.3. The number of piperidine rings is 1. The second kappa shape index (κ2) is 7.15. The highest BCUT2D eigenvalue weighted by atomic mass is 16.5. The van der Waals surface area contributed by atoms with Gasteiger partial charge in [0.2, 0.25) is 0 Å². The molecule has 1 aromatic rings. The normalized spacial score (nSPS) is 29.4. The van der Waals surface area contributed by atoms with Crippen molar-refractivity contribution in [2.45, 2.75) is 38.6 Å². The number of aliphatic carboxylic acids is 1. The molecular formula is C21H28N2O4. The fraction of sp³-hybridized carbons (Fsp3) is 0.619. The molecule has 2 aliphatic heterocycles. The van der Waals surface area contributed by atoms with E-state index in [-0.39, 0.29) is 30.0 Å². The third kappa shape index (κ3) is 3.43. The van der Waals surface area contributed by atoms with E-state index in [4.69, 9.17) is 4.74 Å². The third-order valence-corrected chi connectivity index (χ3v) is 6.57. The molecule has 6 nitrogen and oxygen atoms in total. The van der Waals surface area contributed by atoms with Crippen LogP contribution in [-0.4, -0.2) is 48.3 Å². The maximum atomic E-state index is 13.1. The zero-order valence-electron chi connectivity index (χ0n) is 15.8. The maximum absolute atomic E-state index is 13.1. The summed E-state index contributed by atoms with van der Waals surface area (Å²) in [6.07, 6.45) is 3.46. The molecule has 1 aliphatic carbocycles. The Morgan fingerprint density at radius 1 is 1.22 bits per heavy atom. The lowest BCUT2D eigenvalue weighted by Crippen LogP contribution is -2.52. The number of carboxylic acids is 1. The Bertz CT molecular complexity index is 729. The molecule has 1 spiro atoms. The fourth-order valence-corrected chi connectivity index (χ4v) is 5.17. The Kier molecular flexibility index (Phi) is 4.84. The number of hydrogen-bond acceptors (Lipinski definition) is 3. The molecule has 2 fully saturated rings. The molecule has 3 unspecified atom stereocenters. The van der Waals surface area contributed by atoms with Crippen LogP contribution in [0.5, 0.6) is 0 Å². The van der Waals surface area contributed by atoms with Gasteiger partial charge >= 0.3 is 12.0 Å². The zero-order valence-corrected chi connectivity index (χ0v) is 15.8. The molecule has 3 atom stereocenters. The molecule has 0 saturated carbocycles. The van der Waals surface area contributed by atoms with Gasteiger partial charge in [-0.25, -0.2) is 4.79 Å². The minimum Gasteiger partial charge on any atom is -0.481 e. The van der Waals surface area contributed by atoms with Gasteiger partial charge in [-0.1, -0.05) is 31.2 Å². The largest absolute Gasteiger partial charge is 0.481 e. The SMILES string of the molecule is CC1CC(C(=O)O)CN(C(=O)NC2c3ccccc3CC23CCOCC3)C1. The van der Waals surface area contributed by atoms with Gasteiger partial charge in [-0.05, 0) is 42.7 Å². The molecule has 4 rings (SSSR count). The van der Waals surface area contributed by atoms with Crippen LogP contribution in [0.25, 0.3) is 0 Å². The van der Waals surface area contributed by atoms with E-state index >= 15 is 0 Å². The first-order chi connectivity index (χ1) is 13.0. The Balaban J connectivity index is 1.55. The third-order valence-electron chi connectivity index (χ3n) is 6.57. The van der Waals surface area contributed by atoms with Crippen LogP contribution in [0.2, 0.25) is 0 Å². The molecular weight excluding hydrogens is 344 g/mol. The number of hydrogen-bond donors (Lipinski definition) is 2. The summed E-state index contributed by atoms with van der Waals surface area (Å²) < 4.78 is 5.59. The lowest BCUT2D eigenvalue weighted by atomic mass is 9.74. The highest BCUT2D eigenvalue weighted by Gasteiger charge is 2.48. The molecule has 3 aliphatic rings. The second-order valence-corrected chi connectivity index (χ2v) is 8.51. The second-order valence-electron chi connectivity index (χ2n) is 8.51. The van der Waals surface area contributed by atoms with Crippen LogP contribution in [0.4, 0.5) is 4.79 Å². The molecule has 0 radical (unpaired) electrons. The Morgan fingerprint density at radius 2 is 1.96 bits per heavy atom. The van der Waals surface area contributed by atoms with Crippen molar-refractivity contribution in [2.75, 3.05) is 26.3 Å². The minimum atomic E-state index is -0.813. The van der Waals surface area contributed by atoms with Crippen LogP contribution in [0.3, 0.4) is 0 Å². The maximum Gasteiger partial charge on any atom is 0.317 e. The number of carbonyl (C=O) groups excluding carboxylic acids is 1. The Hall–Kier alpha value is -2.08. The molecule has 2 N–H and O–H groups in total. The number of urea groups is 1. The van der Waals surface area contributed by atoms with E-state index in [1.807, 2.05) is 13.0 Å². The number of benzene rings is 1. The van der Waals surface area contributed by atoms with Gasteiger partial charge in [0.1, 0.15) is 0 Å². The summed E-state index contributed by atoms with van der Waals surface area (Å²) in [6.45, 7) is 4.36. The summed E-state index contributed by atoms with van der Waals surface area (Å²) in [5.41, 5.74) is 2.51. The summed E-state index contributed by atoms with van der Waals surface area (Å²) in [6, 6.07) is 8.18. The predicted molar refractivity (Wildman–Crippen MR) is 100 cm³/mol. The number of amides is 2. The average Bonchev–Trinajstić information content (AvgIpc) is 2.94. The van der Waals surface area contributed by atoms with Crippen LogP contribution in [0.1, 0.15) is 43.4 Å². The molecule has 146 valence electrons. The van der Waals surface area contributed by atoms with Crippen molar-refractivity contribution in [3.05, 3.63) is 35.4 Å². The summed E-state index contributed by atoms with van der Waals surface area (Å²) in [5.74, 6) is -1.10. The van der Waals surface area contributed by atoms with Gasteiger partial charge in [-0.15, -0.1) is 0 Å². The Morgan fingerprint density at radius 3 is 2.70 bits per heavy atom. The molecule has 0 bridgehead atoms. The molecule has 2 amide bonds. The van der Waals surface area contributed by atoms with Gasteiger partial charge in [0.25, 0.3) is 0 Å². The van der Waals surface area contributed by atoms with Crippen LogP contribution < -0.4 is 5.32 Å². The number of nitrogens with zero attached hydrogens (tertiary/aromatic N) is 1. The van der Waals surface area contributed by atoms with Crippen molar-refractivity contribution in [3.63, 3.8) is 0 Å². The first-order valence-corrected chi connectivity index (χ1v) is 9.92. The monoisotopic (exact) mass is 372 g/mol. The number of likely N-dealkylation sites (tertiary alicyclic amines) is 1. The van der Waals surface area contributed by atoms with E-state index < -0.39 is 11.9 Å². The summed E-state index contributed by atoms with van der Waals surface area (Å²) in [5, 5.41) is 12.7. The van der Waals surface area contributed by atoms with Gasteiger partial charge in [-0.2, -0.15) is 0 Å². The first-order valence-electron chi connectivity index (χ1n) is 9.92. The van der Waals surface area contributed by atoms with Crippen LogP contribution in [-0.2, 0) is 16.0 Å². The van der Waals surface area contributed by atoms with Crippen molar-refractivity contribution in [3.8, 4) is 0 Å². The summed E-state index contributed by atoms with van der Waals surface area (Å²) in [7, 11) is 0. The number of nitrogens with one attached hydrogen (secondary N) is 1. The fourth-order valence-electron chi connectivity index (χ4n) is 5.17. The molecule has 0 aromatic heterocycles. The lowest BCUT2D eigenvalue weighted by Gasteiger charge is -2.41. The van der Waals surface area contributed by atoms with Crippen molar-refractivity contribution in [1.29, 1.82) is 0 Å². The van der Waals surface area contributed by atoms with Crippen molar-refractivity contribution in [1.82, 2.24) is 10.2 Å². The van der Waals surface area contributed by atoms with Gasteiger partial charge < -0.3 is 20.1 Å². The number of carbonyl (C=O) groups is 2. The van der Waals surface area contributed by atoms with Gasteiger partial charge in [0, 0.05) is 31.7 Å². The topological polar surface area (TPSA) is 78.9 Å². The number of ether oxygens (including phenoxy) is 1. The summed E-state index contributed by atoms with van der Waals surface area (Å²) in [4.78, 5) is 26.2. The average molecular weight is 372 g/mol. The zero-order chi connectivity index (χ0) is 19.0. The van der Waals surface area contributed by atoms with Gasteiger partial charge in [0.15, 0.2) is 0 Å². The van der Waals surface area contributed by atoms with Crippen molar-refractivity contribution in [2.24, 2.45) is 17.3 Å². The predicted octanol–water partition coefficient (Wildman–Crippen LogP) is 2.83. The number of fused-ring (bicyclic) bond motifs is 1. The highest BCUT2D eigenvalue weighted by Crippen LogP contribution is 2.51. The van der Waals surface area contributed by atoms with Gasteiger partial charge in [0.05, 0.1) is 12.0 Å². The van der Waals surface area contributed by atoms with Crippen LogP contribution in [0.15, 0.2) is 24.3 Å². The molecule has 2 saturated heterocycles. The highest BCUT2D eigenvalue weighted by molar-refractivity contribution is 5.77. The Labute approximate surface area is 159 Å². The summed E-state index contributed by atoms with van der Waals surface area (Å²) >= 11 is 0. The van der Waals surface area contributed by atoms with E-state index in [2.05, 4.69) is 23.5 Å². The number of carboxylic acid groups (broad SMARTS) is 1. The van der Waals surface area contributed by atoms with Crippen molar-refractivity contribution < 1.29 is 19.4 Å². The molecule has 27 heavy (non-hydrogen) atoms. The van der Waals surface area contributed by atoms with E-state index in [0.29, 0.717) is 13.0 Å². The standard InChI is InChI=1S/C21H28N2O4/c1-14-10-16(19(24)25)13-23(12-14)20(26)22-18-17-5-3-2-4-15(17)11-21(18)6-8-27-9-7-21/h2-5,14,16,18H,6-13H2,1H3,(H,22,26)(H,24,25). The van der Waals surface area contributed by atoms with Gasteiger partial charge in [-0.3, -0.25) is 4.79 Å². The smallest absolute Gasteiger partial charge is 0.317 e. The van der Waals surface area contributed by atoms with E-state index in [1.165, 1.54) is 11.1 Å². The molecule has 6 heteroatoms.